The van der Waals surface area contributed by atoms with Gasteiger partial charge in [-0.3, -0.25) is 4.79 Å². The maximum absolute atomic E-state index is 12.2. The Morgan fingerprint density at radius 2 is 1.82 bits per heavy atom. The van der Waals surface area contributed by atoms with Crippen LogP contribution in [0.2, 0.25) is 0 Å². The minimum Gasteiger partial charge on any atom is -0.273 e. The minimum absolute atomic E-state index is 0.00492. The van der Waals surface area contributed by atoms with E-state index < -0.39 is 0 Å². The van der Waals surface area contributed by atoms with Crippen LogP contribution in [0.25, 0.3) is 0 Å². The lowest BCUT2D eigenvalue weighted by atomic mass is 10.1. The standard InChI is InChI=1S/C18H17BrN2O/c1-12(13-7-9-15(19)10-8-13)20-21-18(22)17-11-16(17)14-5-3-2-4-6-14/h2-10,16-17H,11H2,1H3,(H,21,22)/t16-,17-/m0/s1. The van der Waals surface area contributed by atoms with Gasteiger partial charge in [0.1, 0.15) is 0 Å². The zero-order valence-corrected chi connectivity index (χ0v) is 13.9. The fourth-order valence-corrected chi connectivity index (χ4v) is 2.80. The van der Waals surface area contributed by atoms with Crippen molar-refractivity contribution in [2.45, 2.75) is 19.3 Å². The summed E-state index contributed by atoms with van der Waals surface area (Å²) in [6.45, 7) is 1.89. The first-order valence-electron chi connectivity index (χ1n) is 7.30. The van der Waals surface area contributed by atoms with Gasteiger partial charge >= 0.3 is 0 Å². The molecule has 4 heteroatoms. The molecule has 1 N–H and O–H groups in total. The summed E-state index contributed by atoms with van der Waals surface area (Å²) in [7, 11) is 0. The SMILES string of the molecule is CC(=NNC(=O)[C@H]1C[C@H]1c1ccccc1)c1ccc(Br)cc1. The van der Waals surface area contributed by atoms with E-state index in [0.717, 1.165) is 22.2 Å². The smallest absolute Gasteiger partial charge is 0.243 e. The van der Waals surface area contributed by atoms with Crippen LogP contribution in [0, 0.1) is 5.92 Å². The maximum atomic E-state index is 12.2. The number of hydrogen-bond donors (Lipinski definition) is 1. The van der Waals surface area contributed by atoms with E-state index in [1.807, 2.05) is 49.4 Å². The van der Waals surface area contributed by atoms with Crippen molar-refractivity contribution >= 4 is 27.5 Å². The van der Waals surface area contributed by atoms with E-state index in [4.69, 9.17) is 0 Å². The van der Waals surface area contributed by atoms with Gasteiger partial charge in [-0.2, -0.15) is 5.10 Å². The molecule has 2 aromatic rings. The highest BCUT2D eigenvalue weighted by molar-refractivity contribution is 9.10. The van der Waals surface area contributed by atoms with Crippen molar-refractivity contribution < 1.29 is 4.79 Å². The Hall–Kier alpha value is -1.94. The van der Waals surface area contributed by atoms with Crippen LogP contribution >= 0.6 is 15.9 Å². The molecule has 1 fully saturated rings. The third-order valence-corrected chi connectivity index (χ3v) is 4.48. The van der Waals surface area contributed by atoms with Gasteiger partial charge in [0.2, 0.25) is 5.91 Å². The van der Waals surface area contributed by atoms with Gasteiger partial charge in [0, 0.05) is 10.4 Å². The molecule has 1 amide bonds. The fraction of sp³-hybridized carbons (Fsp3) is 0.222. The van der Waals surface area contributed by atoms with Crippen molar-refractivity contribution in [2.75, 3.05) is 0 Å². The van der Waals surface area contributed by atoms with Crippen LogP contribution in [0.1, 0.15) is 30.4 Å². The van der Waals surface area contributed by atoms with Crippen LogP contribution in [0.3, 0.4) is 0 Å². The highest BCUT2D eigenvalue weighted by Gasteiger charge is 2.43. The maximum Gasteiger partial charge on any atom is 0.243 e. The quantitative estimate of drug-likeness (QED) is 0.650. The number of amides is 1. The normalized spacial score (nSPS) is 20.5. The Morgan fingerprint density at radius 3 is 2.50 bits per heavy atom. The molecule has 3 nitrogen and oxygen atoms in total. The number of nitrogens with zero attached hydrogens (tertiary/aromatic N) is 1. The van der Waals surface area contributed by atoms with Crippen molar-refractivity contribution in [3.05, 3.63) is 70.2 Å². The van der Waals surface area contributed by atoms with Crippen LogP contribution < -0.4 is 5.43 Å². The van der Waals surface area contributed by atoms with Crippen LogP contribution in [0.15, 0.2) is 64.2 Å². The van der Waals surface area contributed by atoms with E-state index in [1.54, 1.807) is 0 Å². The number of hydrogen-bond acceptors (Lipinski definition) is 2. The van der Waals surface area contributed by atoms with Crippen molar-refractivity contribution in [3.63, 3.8) is 0 Å². The van der Waals surface area contributed by atoms with Gasteiger partial charge in [-0.15, -0.1) is 0 Å². The predicted octanol–water partition coefficient (Wildman–Crippen LogP) is 4.09. The summed E-state index contributed by atoms with van der Waals surface area (Å²) < 4.78 is 1.02. The first kappa shape index (κ1) is 15.0. The lowest BCUT2D eigenvalue weighted by Crippen LogP contribution is -2.21. The Labute approximate surface area is 138 Å². The Morgan fingerprint density at radius 1 is 1.14 bits per heavy atom. The van der Waals surface area contributed by atoms with Crippen LogP contribution in [-0.4, -0.2) is 11.6 Å². The third-order valence-electron chi connectivity index (χ3n) is 3.95. The molecule has 3 rings (SSSR count). The number of carbonyl (C=O) groups excluding carboxylic acids is 1. The van der Waals surface area contributed by atoms with Gasteiger partial charge in [0.15, 0.2) is 0 Å². The number of rotatable bonds is 4. The molecule has 0 unspecified atom stereocenters. The molecule has 0 saturated heterocycles. The molecule has 0 bridgehead atoms. The summed E-state index contributed by atoms with van der Waals surface area (Å²) in [4.78, 5) is 12.2. The van der Waals surface area contributed by atoms with E-state index in [2.05, 4.69) is 38.6 Å². The largest absolute Gasteiger partial charge is 0.273 e. The molecular formula is C18H17BrN2O. The van der Waals surface area contributed by atoms with Crippen LogP contribution in [0.4, 0.5) is 0 Å². The molecule has 0 heterocycles. The molecule has 0 radical (unpaired) electrons. The second kappa shape index (κ2) is 6.44. The monoisotopic (exact) mass is 356 g/mol. The fourth-order valence-electron chi connectivity index (χ4n) is 2.53. The van der Waals surface area contributed by atoms with Crippen molar-refractivity contribution in [1.29, 1.82) is 0 Å². The molecule has 22 heavy (non-hydrogen) atoms. The average Bonchev–Trinajstić information content (AvgIpc) is 3.34. The molecule has 0 aliphatic heterocycles. The molecule has 0 spiro atoms. The molecule has 1 aliphatic carbocycles. The lowest BCUT2D eigenvalue weighted by molar-refractivity contribution is -0.122. The second-order valence-corrected chi connectivity index (χ2v) is 6.46. The summed E-state index contributed by atoms with van der Waals surface area (Å²) in [5, 5.41) is 4.22. The Bertz CT molecular complexity index is 695. The van der Waals surface area contributed by atoms with Gasteiger partial charge < -0.3 is 0 Å². The predicted molar refractivity (Wildman–Crippen MR) is 91.8 cm³/mol. The molecule has 2 aromatic carbocycles. The first-order chi connectivity index (χ1) is 10.6. The summed E-state index contributed by atoms with van der Waals surface area (Å²) >= 11 is 3.40. The van der Waals surface area contributed by atoms with Crippen molar-refractivity contribution in [3.8, 4) is 0 Å². The number of halogens is 1. The first-order valence-corrected chi connectivity index (χ1v) is 8.09. The van der Waals surface area contributed by atoms with Gasteiger partial charge in [-0.05, 0) is 42.5 Å². The van der Waals surface area contributed by atoms with Crippen LogP contribution in [0.5, 0.6) is 0 Å². The topological polar surface area (TPSA) is 41.5 Å². The second-order valence-electron chi connectivity index (χ2n) is 5.54. The van der Waals surface area contributed by atoms with E-state index in [1.165, 1.54) is 5.56 Å². The summed E-state index contributed by atoms with van der Waals surface area (Å²) in [6, 6.07) is 18.0. The molecule has 112 valence electrons. The number of carbonyl (C=O) groups is 1. The highest BCUT2D eigenvalue weighted by Crippen LogP contribution is 2.47. The van der Waals surface area contributed by atoms with E-state index >= 15 is 0 Å². The van der Waals surface area contributed by atoms with E-state index in [0.29, 0.717) is 5.92 Å². The third kappa shape index (κ3) is 3.45. The van der Waals surface area contributed by atoms with Gasteiger partial charge in [0.05, 0.1) is 5.71 Å². The van der Waals surface area contributed by atoms with Crippen molar-refractivity contribution in [2.24, 2.45) is 11.0 Å². The van der Waals surface area contributed by atoms with Crippen molar-refractivity contribution in [1.82, 2.24) is 5.43 Å². The lowest BCUT2D eigenvalue weighted by Gasteiger charge is -2.03. The summed E-state index contributed by atoms with van der Waals surface area (Å²) in [5.74, 6) is 0.388. The Kier molecular flexibility index (Phi) is 4.39. The minimum atomic E-state index is 0.00492. The van der Waals surface area contributed by atoms with Gasteiger partial charge in [-0.1, -0.05) is 58.4 Å². The number of nitrogens with one attached hydrogen (secondary N) is 1. The Balaban J connectivity index is 1.59. The van der Waals surface area contributed by atoms with Gasteiger partial charge in [0.25, 0.3) is 0 Å². The summed E-state index contributed by atoms with van der Waals surface area (Å²) in [5.41, 5.74) is 5.73. The molecular weight excluding hydrogens is 340 g/mol. The zero-order chi connectivity index (χ0) is 15.5. The number of benzene rings is 2. The zero-order valence-electron chi connectivity index (χ0n) is 12.3. The number of hydrazone groups is 1. The molecule has 1 saturated carbocycles. The molecule has 2 atom stereocenters. The van der Waals surface area contributed by atoms with Gasteiger partial charge in [-0.25, -0.2) is 5.43 Å². The highest BCUT2D eigenvalue weighted by atomic mass is 79.9. The van der Waals surface area contributed by atoms with E-state index in [-0.39, 0.29) is 11.8 Å². The average molecular weight is 357 g/mol. The molecule has 1 aliphatic rings. The summed E-state index contributed by atoms with van der Waals surface area (Å²) in [6.07, 6.45) is 0.905. The molecule has 0 aromatic heterocycles. The van der Waals surface area contributed by atoms with E-state index in [9.17, 15) is 4.79 Å². The van der Waals surface area contributed by atoms with Crippen LogP contribution in [-0.2, 0) is 4.79 Å².